The van der Waals surface area contributed by atoms with E-state index in [1.165, 1.54) is 12.0 Å². The van der Waals surface area contributed by atoms with Gasteiger partial charge in [-0.05, 0) is 55.1 Å². The van der Waals surface area contributed by atoms with E-state index in [9.17, 15) is 4.79 Å². The number of carbonyl (C=O) groups is 1. The van der Waals surface area contributed by atoms with Crippen molar-refractivity contribution in [3.05, 3.63) is 65.2 Å². The van der Waals surface area contributed by atoms with Gasteiger partial charge in [0.1, 0.15) is 6.61 Å². The summed E-state index contributed by atoms with van der Waals surface area (Å²) in [5.41, 5.74) is 4.35. The highest BCUT2D eigenvalue weighted by Crippen LogP contribution is 2.29. The van der Waals surface area contributed by atoms with E-state index in [-0.39, 0.29) is 6.61 Å². The van der Waals surface area contributed by atoms with E-state index < -0.39 is 6.09 Å². The Kier molecular flexibility index (Phi) is 5.71. The van der Waals surface area contributed by atoms with Crippen molar-refractivity contribution in [1.29, 1.82) is 0 Å². The van der Waals surface area contributed by atoms with Crippen LogP contribution in [0.5, 0.6) is 0 Å². The van der Waals surface area contributed by atoms with E-state index in [0.29, 0.717) is 5.92 Å². The van der Waals surface area contributed by atoms with Gasteiger partial charge < -0.3 is 9.64 Å². The van der Waals surface area contributed by atoms with Crippen LogP contribution in [0.3, 0.4) is 0 Å². The minimum atomic E-state index is -0.410. The number of carbonyl (C=O) groups excluding carboxylic acids is 1. The number of likely N-dealkylation sites (tertiary alicyclic amines) is 1. The fourth-order valence-corrected chi connectivity index (χ4v) is 3.36. The Morgan fingerprint density at radius 2 is 2.04 bits per heavy atom. The first-order chi connectivity index (χ1) is 12.2. The maximum atomic E-state index is 12.1. The van der Waals surface area contributed by atoms with Gasteiger partial charge in [0.25, 0.3) is 0 Å². The van der Waals surface area contributed by atoms with E-state index in [0.717, 1.165) is 36.3 Å². The van der Waals surface area contributed by atoms with Crippen LogP contribution in [-0.4, -0.2) is 31.1 Å². The monoisotopic (exact) mass is 338 g/mol. The summed E-state index contributed by atoms with van der Waals surface area (Å²) in [5, 5.41) is 2.89. The van der Waals surface area contributed by atoms with Gasteiger partial charge >= 0.3 is 6.09 Å². The summed E-state index contributed by atoms with van der Waals surface area (Å²) in [6.07, 6.45) is 1.67. The summed E-state index contributed by atoms with van der Waals surface area (Å²) in [4.78, 5) is 14.5. The van der Waals surface area contributed by atoms with Gasteiger partial charge in [0.2, 0.25) is 0 Å². The van der Waals surface area contributed by atoms with E-state index in [4.69, 9.17) is 4.74 Å². The minimum Gasteiger partial charge on any atom is -0.444 e. The molecule has 1 aliphatic rings. The van der Waals surface area contributed by atoms with Crippen molar-refractivity contribution in [2.45, 2.75) is 32.3 Å². The zero-order valence-corrected chi connectivity index (χ0v) is 15.0. The molecule has 25 heavy (non-hydrogen) atoms. The third kappa shape index (κ3) is 4.60. The van der Waals surface area contributed by atoms with Gasteiger partial charge in [-0.1, -0.05) is 49.4 Å². The van der Waals surface area contributed by atoms with Crippen molar-refractivity contribution in [2.24, 2.45) is 0 Å². The van der Waals surface area contributed by atoms with Crippen molar-refractivity contribution in [2.75, 3.05) is 25.5 Å². The number of likely N-dealkylation sites (N-methyl/N-ethyl adjacent to an activating group) is 1. The lowest BCUT2D eigenvalue weighted by Gasteiger charge is -2.15. The van der Waals surface area contributed by atoms with Crippen molar-refractivity contribution in [3.63, 3.8) is 0 Å². The fraction of sp³-hybridized carbons (Fsp3) is 0.381. The zero-order valence-electron chi connectivity index (χ0n) is 15.0. The third-order valence-corrected chi connectivity index (χ3v) is 4.82. The van der Waals surface area contributed by atoms with Gasteiger partial charge in [-0.25, -0.2) is 4.79 Å². The molecule has 0 bridgehead atoms. The first kappa shape index (κ1) is 17.5. The highest BCUT2D eigenvalue weighted by Gasteiger charge is 2.21. The number of hydrogen-bond acceptors (Lipinski definition) is 3. The summed E-state index contributed by atoms with van der Waals surface area (Å²) >= 11 is 0. The van der Waals surface area contributed by atoms with Crippen LogP contribution < -0.4 is 5.32 Å². The van der Waals surface area contributed by atoms with Crippen LogP contribution in [0, 0.1) is 0 Å². The largest absolute Gasteiger partial charge is 0.444 e. The Morgan fingerprint density at radius 3 is 2.72 bits per heavy atom. The molecule has 1 unspecified atom stereocenters. The van der Waals surface area contributed by atoms with Crippen LogP contribution in [0.2, 0.25) is 0 Å². The van der Waals surface area contributed by atoms with Gasteiger partial charge in [-0.15, -0.1) is 0 Å². The zero-order chi connectivity index (χ0) is 17.6. The molecule has 2 aromatic carbocycles. The number of benzene rings is 2. The molecule has 1 aliphatic heterocycles. The molecule has 1 fully saturated rings. The molecule has 0 radical (unpaired) electrons. The number of anilines is 1. The standard InChI is InChI=1S/C21H26N2O2/c1-3-17-13-18(19-11-12-23(2)14-19)9-10-20(17)22-21(24)25-15-16-7-5-4-6-8-16/h4-10,13,19H,3,11-12,14-15H2,1-2H3,(H,22,24). The first-order valence-electron chi connectivity index (χ1n) is 8.94. The topological polar surface area (TPSA) is 41.6 Å². The average molecular weight is 338 g/mol. The van der Waals surface area contributed by atoms with Crippen molar-refractivity contribution >= 4 is 11.8 Å². The van der Waals surface area contributed by atoms with Crippen LogP contribution in [0.1, 0.15) is 36.0 Å². The second kappa shape index (κ2) is 8.17. The van der Waals surface area contributed by atoms with Crippen LogP contribution in [0.4, 0.5) is 10.5 Å². The smallest absolute Gasteiger partial charge is 0.411 e. The molecule has 0 aliphatic carbocycles. The molecule has 0 aromatic heterocycles. The quantitative estimate of drug-likeness (QED) is 0.877. The molecule has 4 nitrogen and oxygen atoms in total. The predicted octanol–water partition coefficient (Wildman–Crippen LogP) is 4.42. The number of nitrogens with zero attached hydrogens (tertiary/aromatic N) is 1. The Balaban J connectivity index is 1.62. The molecule has 0 spiro atoms. The van der Waals surface area contributed by atoms with Gasteiger partial charge in [0.15, 0.2) is 0 Å². The van der Waals surface area contributed by atoms with Crippen LogP contribution >= 0.6 is 0 Å². The molecule has 3 rings (SSSR count). The lowest BCUT2D eigenvalue weighted by Crippen LogP contribution is -2.15. The average Bonchev–Trinajstić information content (AvgIpc) is 3.07. The predicted molar refractivity (Wildman–Crippen MR) is 101 cm³/mol. The minimum absolute atomic E-state index is 0.278. The van der Waals surface area contributed by atoms with Crippen molar-refractivity contribution in [3.8, 4) is 0 Å². The Labute approximate surface area is 149 Å². The Bertz CT molecular complexity index is 715. The number of rotatable bonds is 5. The summed E-state index contributed by atoms with van der Waals surface area (Å²) < 4.78 is 5.32. The second-order valence-electron chi connectivity index (χ2n) is 6.70. The number of hydrogen-bond donors (Lipinski definition) is 1. The summed E-state index contributed by atoms with van der Waals surface area (Å²) in [6, 6.07) is 16.1. The molecule has 132 valence electrons. The molecule has 1 heterocycles. The molecule has 1 atom stereocenters. The SMILES string of the molecule is CCc1cc(C2CCN(C)C2)ccc1NC(=O)OCc1ccccc1. The van der Waals surface area contributed by atoms with Crippen molar-refractivity contribution < 1.29 is 9.53 Å². The maximum absolute atomic E-state index is 12.1. The van der Waals surface area contributed by atoms with E-state index in [1.807, 2.05) is 36.4 Å². The summed E-state index contributed by atoms with van der Waals surface area (Å²) in [7, 11) is 2.17. The van der Waals surface area contributed by atoms with Gasteiger partial charge in [-0.2, -0.15) is 0 Å². The summed E-state index contributed by atoms with van der Waals surface area (Å²) in [6.45, 7) is 4.65. The molecule has 1 N–H and O–H groups in total. The number of amides is 1. The molecule has 2 aromatic rings. The molecule has 0 saturated carbocycles. The molecule has 4 heteroatoms. The third-order valence-electron chi connectivity index (χ3n) is 4.82. The highest BCUT2D eigenvalue weighted by atomic mass is 16.5. The number of ether oxygens (including phenoxy) is 1. The molecule has 1 amide bonds. The normalized spacial score (nSPS) is 17.4. The summed E-state index contributed by atoms with van der Waals surface area (Å²) in [5.74, 6) is 0.592. The van der Waals surface area contributed by atoms with Gasteiger partial charge in [-0.3, -0.25) is 5.32 Å². The van der Waals surface area contributed by atoms with Crippen LogP contribution in [-0.2, 0) is 17.8 Å². The van der Waals surface area contributed by atoms with E-state index in [1.54, 1.807) is 0 Å². The molecule has 1 saturated heterocycles. The lowest BCUT2D eigenvalue weighted by atomic mass is 9.95. The molecular weight excluding hydrogens is 312 g/mol. The van der Waals surface area contributed by atoms with Crippen LogP contribution in [0.25, 0.3) is 0 Å². The van der Waals surface area contributed by atoms with Crippen LogP contribution in [0.15, 0.2) is 48.5 Å². The van der Waals surface area contributed by atoms with Crippen molar-refractivity contribution in [1.82, 2.24) is 4.90 Å². The number of nitrogens with one attached hydrogen (secondary N) is 1. The fourth-order valence-electron chi connectivity index (χ4n) is 3.36. The number of aryl methyl sites for hydroxylation is 1. The maximum Gasteiger partial charge on any atom is 0.411 e. The highest BCUT2D eigenvalue weighted by molar-refractivity contribution is 5.85. The molecular formula is C21H26N2O2. The Morgan fingerprint density at radius 1 is 1.24 bits per heavy atom. The Hall–Kier alpha value is -2.33. The van der Waals surface area contributed by atoms with Gasteiger partial charge in [0, 0.05) is 12.2 Å². The lowest BCUT2D eigenvalue weighted by molar-refractivity contribution is 0.155. The van der Waals surface area contributed by atoms with E-state index >= 15 is 0 Å². The first-order valence-corrected chi connectivity index (χ1v) is 8.94. The van der Waals surface area contributed by atoms with Gasteiger partial charge in [0.05, 0.1) is 0 Å². The second-order valence-corrected chi connectivity index (χ2v) is 6.70. The van der Waals surface area contributed by atoms with E-state index in [2.05, 4.69) is 36.3 Å².